The summed E-state index contributed by atoms with van der Waals surface area (Å²) < 4.78 is 13.2. The maximum atomic E-state index is 12.3. The van der Waals surface area contributed by atoms with Crippen LogP contribution in [0.3, 0.4) is 0 Å². The van der Waals surface area contributed by atoms with E-state index in [0.29, 0.717) is 25.4 Å². The van der Waals surface area contributed by atoms with E-state index < -0.39 is 12.3 Å². The number of nitrogens with zero attached hydrogens (tertiary/aromatic N) is 2. The average Bonchev–Trinajstić information content (AvgIpc) is 3.74. The Morgan fingerprint density at radius 2 is 1.49 bits per heavy atom. The largest absolute Gasteiger partial charge is 0.481 e. The molecule has 5 rings (SSSR count). The molecule has 2 aromatic carbocycles. The molecule has 3 aliphatic rings. The van der Waals surface area contributed by atoms with Crippen LogP contribution in [-0.4, -0.2) is 76.8 Å². The van der Waals surface area contributed by atoms with Gasteiger partial charge in [-0.15, -0.1) is 0 Å². The highest BCUT2D eigenvalue weighted by molar-refractivity contribution is 5.75. The van der Waals surface area contributed by atoms with Gasteiger partial charge in [-0.2, -0.15) is 0 Å². The number of aliphatic carboxylic acids is 1. The van der Waals surface area contributed by atoms with Crippen molar-refractivity contribution in [2.45, 2.75) is 108 Å². The van der Waals surface area contributed by atoms with E-state index >= 15 is 0 Å². The molecule has 1 amide bonds. The molecular weight excluding hydrogens is 570 g/mol. The van der Waals surface area contributed by atoms with Crippen molar-refractivity contribution in [3.05, 3.63) is 70.8 Å². The van der Waals surface area contributed by atoms with Crippen LogP contribution in [0.25, 0.3) is 0 Å². The lowest BCUT2D eigenvalue weighted by molar-refractivity contribution is -0.253. The minimum Gasteiger partial charge on any atom is -0.481 e. The summed E-state index contributed by atoms with van der Waals surface area (Å²) in [4.78, 5) is 28.2. The monoisotopic (exact) mass is 621 g/mol. The van der Waals surface area contributed by atoms with Gasteiger partial charge in [0.05, 0.1) is 18.8 Å². The van der Waals surface area contributed by atoms with Gasteiger partial charge in [0, 0.05) is 50.5 Å². The average molecular weight is 622 g/mol. The number of hydrogen-bond acceptors (Lipinski definition) is 7. The lowest BCUT2D eigenvalue weighted by atomic mass is 9.99. The zero-order valence-corrected chi connectivity index (χ0v) is 26.6. The van der Waals surface area contributed by atoms with Gasteiger partial charge in [0.1, 0.15) is 0 Å². The van der Waals surface area contributed by atoms with Crippen molar-refractivity contribution in [1.29, 1.82) is 0 Å². The number of likely N-dealkylation sites (tertiary alicyclic amines) is 2. The molecule has 3 N–H and O–H groups in total. The van der Waals surface area contributed by atoms with Gasteiger partial charge in [-0.1, -0.05) is 61.4 Å². The molecule has 9 heteroatoms. The predicted molar refractivity (Wildman–Crippen MR) is 172 cm³/mol. The first-order chi connectivity index (χ1) is 22.0. The maximum absolute atomic E-state index is 12.3. The quantitative estimate of drug-likeness (QED) is 0.216. The van der Waals surface area contributed by atoms with Crippen LogP contribution in [0.5, 0.6) is 0 Å². The van der Waals surface area contributed by atoms with E-state index in [4.69, 9.17) is 14.6 Å². The fourth-order valence-corrected chi connectivity index (χ4v) is 6.90. The summed E-state index contributed by atoms with van der Waals surface area (Å²) in [5.41, 5.74) is 3.96. The molecule has 2 aromatic rings. The number of ether oxygens (including phenoxy) is 2. The predicted octanol–water partition coefficient (Wildman–Crippen LogP) is 5.33. The minimum absolute atomic E-state index is 0.0131. The van der Waals surface area contributed by atoms with Crippen LogP contribution in [0.15, 0.2) is 48.5 Å². The molecule has 3 heterocycles. The number of benzene rings is 2. The molecule has 3 fully saturated rings. The molecule has 0 bridgehead atoms. The zero-order chi connectivity index (χ0) is 31.4. The summed E-state index contributed by atoms with van der Waals surface area (Å²) in [7, 11) is 0. The number of amides is 1. The van der Waals surface area contributed by atoms with Crippen LogP contribution in [0.4, 0.5) is 0 Å². The van der Waals surface area contributed by atoms with Crippen molar-refractivity contribution in [2.24, 2.45) is 0 Å². The van der Waals surface area contributed by atoms with Crippen LogP contribution in [-0.2, 0) is 32.2 Å². The fourth-order valence-electron chi connectivity index (χ4n) is 6.90. The number of carbonyl (C=O) groups excluding carboxylic acids is 1. The summed E-state index contributed by atoms with van der Waals surface area (Å²) in [6.45, 7) is 6.10. The molecule has 0 aromatic heterocycles. The molecule has 3 aliphatic heterocycles. The van der Waals surface area contributed by atoms with Crippen LogP contribution in [0.1, 0.15) is 105 Å². The lowest BCUT2D eigenvalue weighted by Gasteiger charge is -2.39. The first-order valence-corrected chi connectivity index (χ1v) is 17.0. The lowest BCUT2D eigenvalue weighted by Crippen LogP contribution is -2.45. The highest BCUT2D eigenvalue weighted by Crippen LogP contribution is 2.39. The third-order valence-electron chi connectivity index (χ3n) is 9.51. The third-order valence-corrected chi connectivity index (χ3v) is 9.51. The highest BCUT2D eigenvalue weighted by atomic mass is 16.7. The Morgan fingerprint density at radius 1 is 0.800 bits per heavy atom. The van der Waals surface area contributed by atoms with Gasteiger partial charge >= 0.3 is 5.97 Å². The number of aliphatic hydroxyl groups is 1. The summed E-state index contributed by atoms with van der Waals surface area (Å²) in [5, 5.41) is 21.3. The number of nitrogens with one attached hydrogen (secondary N) is 1. The Bertz CT molecular complexity index is 1200. The fraction of sp³-hybridized carbons (Fsp3) is 0.611. The molecule has 9 nitrogen and oxygen atoms in total. The Kier molecular flexibility index (Phi) is 12.8. The zero-order valence-electron chi connectivity index (χ0n) is 26.6. The van der Waals surface area contributed by atoms with Crippen molar-refractivity contribution >= 4 is 11.9 Å². The number of hydrogen-bond donors (Lipinski definition) is 3. The highest BCUT2D eigenvalue weighted by Gasteiger charge is 2.36. The van der Waals surface area contributed by atoms with Gasteiger partial charge in [-0.25, -0.2) is 0 Å². The summed E-state index contributed by atoms with van der Waals surface area (Å²) in [6.07, 6.45) is 9.10. The molecule has 0 radical (unpaired) electrons. The second-order valence-electron chi connectivity index (χ2n) is 13.0. The number of carbonyl (C=O) groups is 2. The van der Waals surface area contributed by atoms with Crippen molar-refractivity contribution < 1.29 is 29.3 Å². The number of unbranched alkanes of at least 4 members (excludes halogenated alkanes) is 3. The SMILES string of the molecule is O=C(O)CCCCCCC(=O)NCc1ccc(C2OC(CN3CCCC3CN3CCCC3)CC(c3ccc(CO)cc3)O2)cc1. The van der Waals surface area contributed by atoms with Gasteiger partial charge in [0.2, 0.25) is 5.91 Å². The molecule has 4 unspecified atom stereocenters. The van der Waals surface area contributed by atoms with Crippen LogP contribution in [0.2, 0.25) is 0 Å². The molecule has 45 heavy (non-hydrogen) atoms. The van der Waals surface area contributed by atoms with E-state index in [0.717, 1.165) is 67.6 Å². The van der Waals surface area contributed by atoms with Gasteiger partial charge < -0.3 is 29.9 Å². The van der Waals surface area contributed by atoms with Crippen LogP contribution >= 0.6 is 0 Å². The number of aliphatic hydroxyl groups excluding tert-OH is 1. The minimum atomic E-state index is -0.767. The van der Waals surface area contributed by atoms with Crippen molar-refractivity contribution in [1.82, 2.24) is 15.1 Å². The van der Waals surface area contributed by atoms with E-state index in [1.54, 1.807) is 0 Å². The Labute approximate surface area is 267 Å². The third kappa shape index (κ3) is 10.3. The van der Waals surface area contributed by atoms with E-state index in [9.17, 15) is 14.7 Å². The van der Waals surface area contributed by atoms with Crippen molar-refractivity contribution in [2.75, 3.05) is 32.7 Å². The van der Waals surface area contributed by atoms with Crippen molar-refractivity contribution in [3.8, 4) is 0 Å². The van der Waals surface area contributed by atoms with E-state index in [-0.39, 0.29) is 31.1 Å². The number of carboxylic acids is 1. The van der Waals surface area contributed by atoms with Gasteiger partial charge in [0.25, 0.3) is 0 Å². The second-order valence-corrected chi connectivity index (χ2v) is 13.0. The number of rotatable bonds is 16. The molecule has 4 atom stereocenters. The van der Waals surface area contributed by atoms with Crippen LogP contribution in [0, 0.1) is 0 Å². The standard InChI is InChI=1S/C36H51N3O6/c40-26-28-13-15-29(16-14-28)33-22-32(25-39-21-7-8-31(39)24-38-19-5-6-20-38)44-36(45-33)30-17-11-27(12-18-30)23-37-34(41)9-3-1-2-4-10-35(42)43/h11-18,31-33,36,40H,1-10,19-26H2,(H,37,41)(H,42,43). The Hall–Kier alpha value is -2.82. The number of carboxylic acid groups (broad SMARTS) is 1. The Morgan fingerprint density at radius 3 is 2.20 bits per heavy atom. The summed E-state index contributed by atoms with van der Waals surface area (Å²) in [5.74, 6) is -0.754. The smallest absolute Gasteiger partial charge is 0.303 e. The molecule has 3 saturated heterocycles. The van der Waals surface area contributed by atoms with Gasteiger partial charge in [-0.3, -0.25) is 14.5 Å². The topological polar surface area (TPSA) is 112 Å². The first-order valence-electron chi connectivity index (χ1n) is 17.0. The molecule has 0 saturated carbocycles. The molecular formula is C36H51N3O6. The Balaban J connectivity index is 1.17. The molecule has 0 aliphatic carbocycles. The van der Waals surface area contributed by atoms with Gasteiger partial charge in [-0.05, 0) is 74.8 Å². The van der Waals surface area contributed by atoms with E-state index in [1.165, 1.54) is 38.8 Å². The van der Waals surface area contributed by atoms with Crippen molar-refractivity contribution in [3.63, 3.8) is 0 Å². The normalized spacial score (nSPS) is 24.2. The van der Waals surface area contributed by atoms with E-state index in [2.05, 4.69) is 27.2 Å². The summed E-state index contributed by atoms with van der Waals surface area (Å²) >= 11 is 0. The molecule has 0 spiro atoms. The first kappa shape index (κ1) is 33.5. The summed E-state index contributed by atoms with van der Waals surface area (Å²) in [6, 6.07) is 16.8. The van der Waals surface area contributed by atoms with Crippen LogP contribution < -0.4 is 5.32 Å². The molecule has 246 valence electrons. The van der Waals surface area contributed by atoms with E-state index in [1.807, 2.05) is 36.4 Å². The maximum Gasteiger partial charge on any atom is 0.303 e. The second kappa shape index (κ2) is 17.2. The van der Waals surface area contributed by atoms with Gasteiger partial charge in [0.15, 0.2) is 6.29 Å².